The summed E-state index contributed by atoms with van der Waals surface area (Å²) in [6.07, 6.45) is 6.36. The van der Waals surface area contributed by atoms with Crippen LogP contribution in [-0.2, 0) is 18.6 Å². The van der Waals surface area contributed by atoms with Gasteiger partial charge in [0.2, 0.25) is 0 Å². The summed E-state index contributed by atoms with van der Waals surface area (Å²) in [7, 11) is 1.68. The Morgan fingerprint density at radius 1 is 1.14 bits per heavy atom. The molecule has 0 N–H and O–H groups in total. The Morgan fingerprint density at radius 2 is 2.00 bits per heavy atom. The number of rotatable bonds is 4. The molecule has 4 aromatic heterocycles. The van der Waals surface area contributed by atoms with Crippen LogP contribution in [-0.4, -0.2) is 36.3 Å². The Bertz CT molecular complexity index is 1350. The smallest absolute Gasteiger partial charge is 0.260 e. The first-order valence-electron chi connectivity index (χ1n) is 9.60. The molecule has 0 aliphatic heterocycles. The highest BCUT2D eigenvalue weighted by Gasteiger charge is 2.24. The van der Waals surface area contributed by atoms with Crippen molar-refractivity contribution in [2.75, 3.05) is 7.11 Å². The number of thioether (sulfide) groups is 1. The van der Waals surface area contributed by atoms with Crippen molar-refractivity contribution in [2.45, 2.75) is 36.6 Å². The van der Waals surface area contributed by atoms with E-state index in [4.69, 9.17) is 4.74 Å². The van der Waals surface area contributed by atoms with Crippen molar-refractivity contribution in [3.05, 3.63) is 46.6 Å². The van der Waals surface area contributed by atoms with E-state index in [0.29, 0.717) is 0 Å². The molecule has 5 aromatic rings. The van der Waals surface area contributed by atoms with Crippen LogP contribution in [0.4, 0.5) is 0 Å². The van der Waals surface area contributed by atoms with Crippen molar-refractivity contribution in [1.82, 2.24) is 29.2 Å². The normalized spacial score (nSPS) is 14.1. The maximum atomic E-state index is 5.25. The third kappa shape index (κ3) is 2.64. The molecule has 146 valence electrons. The number of hydrogen-bond donors (Lipinski definition) is 0. The second-order valence-electron chi connectivity index (χ2n) is 7.14. The highest BCUT2D eigenvalue weighted by molar-refractivity contribution is 7.98. The van der Waals surface area contributed by atoms with Crippen molar-refractivity contribution in [3.8, 4) is 5.75 Å². The van der Waals surface area contributed by atoms with E-state index in [9.17, 15) is 0 Å². The lowest BCUT2D eigenvalue weighted by atomic mass is 9.97. The molecule has 29 heavy (non-hydrogen) atoms. The molecule has 6 rings (SSSR count). The summed E-state index contributed by atoms with van der Waals surface area (Å²) >= 11 is 3.55. The number of nitrogens with zero attached hydrogens (tertiary/aromatic N) is 6. The SMILES string of the molecule is COc1ccc(CSc2nnc3n4ncnc4c4c5c(sc4n23)CCCC5)cc1. The quantitative estimate of drug-likeness (QED) is 0.405. The maximum Gasteiger partial charge on any atom is 0.260 e. The van der Waals surface area contributed by atoms with Crippen LogP contribution in [0.3, 0.4) is 0 Å². The van der Waals surface area contributed by atoms with Crippen molar-refractivity contribution >= 4 is 44.7 Å². The number of thiophene rings is 1. The first kappa shape index (κ1) is 17.2. The first-order chi connectivity index (χ1) is 14.3. The third-order valence-corrected chi connectivity index (χ3v) is 7.74. The Kier molecular flexibility index (Phi) is 3.98. The van der Waals surface area contributed by atoms with Gasteiger partial charge in [-0.05, 0) is 48.9 Å². The van der Waals surface area contributed by atoms with Gasteiger partial charge in [-0.15, -0.1) is 21.5 Å². The van der Waals surface area contributed by atoms with Crippen LogP contribution < -0.4 is 4.74 Å². The van der Waals surface area contributed by atoms with Gasteiger partial charge in [0, 0.05) is 10.6 Å². The summed E-state index contributed by atoms with van der Waals surface area (Å²) in [6.45, 7) is 0. The topological polar surface area (TPSA) is 69.6 Å². The Balaban J connectivity index is 1.50. The molecule has 0 saturated carbocycles. The molecule has 4 heterocycles. The Labute approximate surface area is 174 Å². The second kappa shape index (κ2) is 6.70. The fourth-order valence-corrected chi connectivity index (χ4v) is 6.37. The van der Waals surface area contributed by atoms with Crippen LogP contribution in [0.2, 0.25) is 0 Å². The number of benzene rings is 1. The van der Waals surface area contributed by atoms with Crippen LogP contribution in [0.15, 0.2) is 35.7 Å². The lowest BCUT2D eigenvalue weighted by molar-refractivity contribution is 0.414. The minimum atomic E-state index is 0.723. The molecule has 0 atom stereocenters. The summed E-state index contributed by atoms with van der Waals surface area (Å²) in [6, 6.07) is 8.15. The molecule has 0 amide bonds. The minimum absolute atomic E-state index is 0.723. The van der Waals surface area contributed by atoms with Crippen LogP contribution in [0, 0.1) is 0 Å². The van der Waals surface area contributed by atoms with Gasteiger partial charge in [-0.1, -0.05) is 23.9 Å². The van der Waals surface area contributed by atoms with Crippen molar-refractivity contribution in [2.24, 2.45) is 0 Å². The van der Waals surface area contributed by atoms with Crippen LogP contribution in [0.25, 0.3) is 21.6 Å². The summed E-state index contributed by atoms with van der Waals surface area (Å²) in [5.41, 5.74) is 3.55. The molecule has 1 aromatic carbocycles. The van der Waals surface area contributed by atoms with E-state index in [2.05, 4.69) is 36.8 Å². The van der Waals surface area contributed by atoms with Gasteiger partial charge in [0.1, 0.15) is 16.9 Å². The number of hydrogen-bond acceptors (Lipinski definition) is 7. The van der Waals surface area contributed by atoms with Gasteiger partial charge in [-0.25, -0.2) is 9.38 Å². The summed E-state index contributed by atoms with van der Waals surface area (Å²) in [5.74, 6) is 2.40. The zero-order valence-electron chi connectivity index (χ0n) is 15.8. The van der Waals surface area contributed by atoms with Gasteiger partial charge >= 0.3 is 0 Å². The molecule has 0 fully saturated rings. The molecule has 1 aliphatic rings. The molecule has 1 aliphatic carbocycles. The molecule has 0 radical (unpaired) electrons. The van der Waals surface area contributed by atoms with Gasteiger partial charge < -0.3 is 4.74 Å². The van der Waals surface area contributed by atoms with Crippen LogP contribution in [0.1, 0.15) is 28.8 Å². The van der Waals surface area contributed by atoms with E-state index in [0.717, 1.165) is 40.9 Å². The molecule has 9 heteroatoms. The van der Waals surface area contributed by atoms with E-state index in [1.807, 2.05) is 28.0 Å². The zero-order chi connectivity index (χ0) is 19.4. The van der Waals surface area contributed by atoms with Crippen molar-refractivity contribution in [1.29, 1.82) is 0 Å². The fraction of sp³-hybridized carbons (Fsp3) is 0.300. The molecular weight excluding hydrogens is 404 g/mol. The van der Waals surface area contributed by atoms with E-state index < -0.39 is 0 Å². The van der Waals surface area contributed by atoms with E-state index in [1.54, 1.807) is 25.2 Å². The van der Waals surface area contributed by atoms with Gasteiger partial charge in [-0.2, -0.15) is 9.61 Å². The molecule has 7 nitrogen and oxygen atoms in total. The van der Waals surface area contributed by atoms with E-state index in [1.165, 1.54) is 39.1 Å². The highest BCUT2D eigenvalue weighted by atomic mass is 32.2. The number of ether oxygens (including phenoxy) is 1. The molecule has 0 saturated heterocycles. The van der Waals surface area contributed by atoms with E-state index >= 15 is 0 Å². The summed E-state index contributed by atoms with van der Waals surface area (Å²) in [4.78, 5) is 7.22. The molecule has 0 unspecified atom stereocenters. The first-order valence-corrected chi connectivity index (χ1v) is 11.4. The number of fused-ring (bicyclic) bond motifs is 8. The largest absolute Gasteiger partial charge is 0.497 e. The van der Waals surface area contributed by atoms with Crippen molar-refractivity contribution in [3.63, 3.8) is 0 Å². The lowest BCUT2D eigenvalue weighted by Gasteiger charge is -2.10. The molecular formula is C20H18N6OS2. The maximum absolute atomic E-state index is 5.25. The Morgan fingerprint density at radius 3 is 2.86 bits per heavy atom. The fourth-order valence-electron chi connectivity index (χ4n) is 4.04. The summed E-state index contributed by atoms with van der Waals surface area (Å²) in [5, 5.41) is 15.5. The highest BCUT2D eigenvalue weighted by Crippen LogP contribution is 2.39. The number of aryl methyl sites for hydroxylation is 2. The van der Waals surface area contributed by atoms with Crippen LogP contribution >= 0.6 is 23.1 Å². The third-order valence-electron chi connectivity index (χ3n) is 5.46. The van der Waals surface area contributed by atoms with Gasteiger partial charge in [0.05, 0.1) is 12.5 Å². The monoisotopic (exact) mass is 422 g/mol. The average Bonchev–Trinajstić information content (AvgIpc) is 3.48. The standard InChI is InChI=1S/C20H18N6OS2/c1-27-13-8-6-12(7-9-13)10-28-20-24-23-19-25(20)18-16(17-21-11-22-26(17)19)14-4-2-3-5-15(14)29-18/h6-9,11H,2-5,10H2,1H3. The van der Waals surface area contributed by atoms with Gasteiger partial charge in [0.15, 0.2) is 10.8 Å². The predicted octanol–water partition coefficient (Wildman–Crippen LogP) is 4.17. The minimum Gasteiger partial charge on any atom is -0.497 e. The van der Waals surface area contributed by atoms with Crippen LogP contribution in [0.5, 0.6) is 5.75 Å². The van der Waals surface area contributed by atoms with Crippen molar-refractivity contribution < 1.29 is 4.74 Å². The zero-order valence-corrected chi connectivity index (χ0v) is 17.5. The lowest BCUT2D eigenvalue weighted by Crippen LogP contribution is -2.01. The molecule has 0 bridgehead atoms. The second-order valence-corrected chi connectivity index (χ2v) is 9.17. The predicted molar refractivity (Wildman–Crippen MR) is 114 cm³/mol. The average molecular weight is 423 g/mol. The number of methoxy groups -OCH3 is 1. The van der Waals surface area contributed by atoms with E-state index in [-0.39, 0.29) is 0 Å². The Hall–Kier alpha value is -2.65. The molecule has 0 spiro atoms. The summed E-state index contributed by atoms with van der Waals surface area (Å²) < 4.78 is 9.24. The van der Waals surface area contributed by atoms with Gasteiger partial charge in [-0.3, -0.25) is 0 Å². The van der Waals surface area contributed by atoms with Gasteiger partial charge in [0.25, 0.3) is 5.78 Å². The number of aromatic nitrogens is 6.